The molecule has 1 aliphatic rings. The summed E-state index contributed by atoms with van der Waals surface area (Å²) in [7, 11) is 2.18. The van der Waals surface area contributed by atoms with Gasteiger partial charge in [-0.2, -0.15) is 0 Å². The van der Waals surface area contributed by atoms with E-state index in [-0.39, 0.29) is 6.04 Å². The minimum Gasteiger partial charge on any atom is -0.369 e. The van der Waals surface area contributed by atoms with Crippen LogP contribution in [0.2, 0.25) is 0 Å². The molecule has 0 amide bonds. The van der Waals surface area contributed by atoms with Crippen molar-refractivity contribution >= 4 is 38.5 Å². The molecule has 140 valence electrons. The summed E-state index contributed by atoms with van der Waals surface area (Å²) in [5, 5.41) is 3.49. The van der Waals surface area contributed by atoms with Gasteiger partial charge >= 0.3 is 0 Å². The molecule has 1 aromatic heterocycles. The van der Waals surface area contributed by atoms with Crippen molar-refractivity contribution in [3.05, 3.63) is 58.7 Å². The lowest BCUT2D eigenvalue weighted by atomic mass is 10.1. The number of likely N-dealkylation sites (N-methyl/N-ethyl adjacent to an activating group) is 1. The van der Waals surface area contributed by atoms with Gasteiger partial charge in [-0.1, -0.05) is 28.1 Å². The summed E-state index contributed by atoms with van der Waals surface area (Å²) in [5.74, 6) is 0.794. The van der Waals surface area contributed by atoms with Crippen LogP contribution in [0.3, 0.4) is 0 Å². The number of fused-ring (bicyclic) bond motifs is 1. The highest BCUT2D eigenvalue weighted by atomic mass is 79.9. The summed E-state index contributed by atoms with van der Waals surface area (Å²) >= 11 is 3.47. The highest BCUT2D eigenvalue weighted by Crippen LogP contribution is 2.25. The van der Waals surface area contributed by atoms with E-state index in [0.717, 1.165) is 47.5 Å². The van der Waals surface area contributed by atoms with Gasteiger partial charge in [0.1, 0.15) is 5.82 Å². The number of anilines is 2. The number of hydrogen-bond donors (Lipinski definition) is 1. The molecule has 6 heteroatoms. The number of halogens is 1. The molecule has 4 rings (SSSR count). The molecule has 0 saturated carbocycles. The van der Waals surface area contributed by atoms with Gasteiger partial charge in [-0.15, -0.1) is 0 Å². The Morgan fingerprint density at radius 3 is 2.67 bits per heavy atom. The van der Waals surface area contributed by atoms with Crippen molar-refractivity contribution in [2.45, 2.75) is 13.0 Å². The number of hydrogen-bond acceptors (Lipinski definition) is 5. The molecule has 27 heavy (non-hydrogen) atoms. The number of aromatic nitrogens is 2. The van der Waals surface area contributed by atoms with Gasteiger partial charge in [0.05, 0.1) is 23.3 Å². The average molecular weight is 426 g/mol. The van der Waals surface area contributed by atoms with Gasteiger partial charge in [-0.25, -0.2) is 4.98 Å². The Bertz CT molecular complexity index is 937. The minimum absolute atomic E-state index is 0.152. The summed E-state index contributed by atoms with van der Waals surface area (Å²) in [6.07, 6.45) is 1.80. The molecular formula is C21H24BrN5. The van der Waals surface area contributed by atoms with Crippen molar-refractivity contribution in [1.82, 2.24) is 14.9 Å². The van der Waals surface area contributed by atoms with E-state index in [4.69, 9.17) is 4.98 Å². The van der Waals surface area contributed by atoms with Gasteiger partial charge < -0.3 is 15.1 Å². The Morgan fingerprint density at radius 1 is 1.04 bits per heavy atom. The number of nitrogens with zero attached hydrogens (tertiary/aromatic N) is 4. The monoisotopic (exact) mass is 425 g/mol. The second-order valence-corrected chi connectivity index (χ2v) is 8.06. The van der Waals surface area contributed by atoms with Crippen LogP contribution in [-0.2, 0) is 0 Å². The highest BCUT2D eigenvalue weighted by Gasteiger charge is 2.15. The van der Waals surface area contributed by atoms with Gasteiger partial charge in [0, 0.05) is 36.3 Å². The van der Waals surface area contributed by atoms with Gasteiger partial charge in [-0.05, 0) is 49.9 Å². The summed E-state index contributed by atoms with van der Waals surface area (Å²) in [6.45, 7) is 6.54. The Balaban J connectivity index is 1.50. The molecule has 0 bridgehead atoms. The predicted octanol–water partition coefficient (Wildman–Crippen LogP) is 4.32. The maximum Gasteiger partial charge on any atom is 0.145 e. The zero-order chi connectivity index (χ0) is 18.8. The molecule has 2 heterocycles. The number of nitrogens with one attached hydrogen (secondary N) is 1. The molecule has 0 spiro atoms. The molecule has 1 aliphatic heterocycles. The third-order valence-electron chi connectivity index (χ3n) is 5.11. The molecular weight excluding hydrogens is 402 g/mol. The zero-order valence-electron chi connectivity index (χ0n) is 15.7. The standard InChI is InChI=1S/C21H24BrN5/c1-15(24-21-14-23-20-13-17(22)6-7-19(20)25-21)16-4-3-5-18(12-16)27-10-8-26(2)9-11-27/h3-7,12-15H,8-11H2,1-2H3,(H,24,25)/t15-/m1/s1. The van der Waals surface area contributed by atoms with Crippen LogP contribution >= 0.6 is 15.9 Å². The van der Waals surface area contributed by atoms with Crippen LogP contribution in [0.4, 0.5) is 11.5 Å². The molecule has 2 aromatic carbocycles. The Hall–Kier alpha value is -2.18. The van der Waals surface area contributed by atoms with Crippen LogP contribution in [-0.4, -0.2) is 48.1 Å². The van der Waals surface area contributed by atoms with Crippen LogP contribution in [0.1, 0.15) is 18.5 Å². The Kier molecular flexibility index (Phi) is 5.27. The first-order valence-corrected chi connectivity index (χ1v) is 10.1. The Morgan fingerprint density at radius 2 is 1.85 bits per heavy atom. The maximum absolute atomic E-state index is 4.69. The van der Waals surface area contributed by atoms with Crippen molar-refractivity contribution in [3.8, 4) is 0 Å². The second-order valence-electron chi connectivity index (χ2n) is 7.14. The first-order valence-electron chi connectivity index (χ1n) is 9.31. The summed E-state index contributed by atoms with van der Waals surface area (Å²) in [4.78, 5) is 14.0. The third-order valence-corrected chi connectivity index (χ3v) is 5.60. The molecule has 3 aromatic rings. The van der Waals surface area contributed by atoms with Gasteiger partial charge in [0.2, 0.25) is 0 Å². The molecule has 1 saturated heterocycles. The zero-order valence-corrected chi connectivity index (χ0v) is 17.3. The smallest absolute Gasteiger partial charge is 0.145 e. The predicted molar refractivity (Wildman–Crippen MR) is 115 cm³/mol. The first-order chi connectivity index (χ1) is 13.1. The molecule has 0 aliphatic carbocycles. The quantitative estimate of drug-likeness (QED) is 0.674. The minimum atomic E-state index is 0.152. The third kappa shape index (κ3) is 4.22. The van der Waals surface area contributed by atoms with Crippen molar-refractivity contribution < 1.29 is 0 Å². The highest BCUT2D eigenvalue weighted by molar-refractivity contribution is 9.10. The van der Waals surface area contributed by atoms with Crippen molar-refractivity contribution in [2.24, 2.45) is 0 Å². The van der Waals surface area contributed by atoms with Crippen LogP contribution in [0.25, 0.3) is 11.0 Å². The Labute approximate surface area is 168 Å². The lowest BCUT2D eigenvalue weighted by Gasteiger charge is -2.34. The van der Waals surface area contributed by atoms with E-state index in [1.54, 1.807) is 6.20 Å². The number of rotatable bonds is 4. The molecule has 5 nitrogen and oxygen atoms in total. The van der Waals surface area contributed by atoms with E-state index in [9.17, 15) is 0 Å². The van der Waals surface area contributed by atoms with Crippen LogP contribution < -0.4 is 10.2 Å². The van der Waals surface area contributed by atoms with E-state index in [1.807, 2.05) is 18.2 Å². The molecule has 0 unspecified atom stereocenters. The fourth-order valence-corrected chi connectivity index (χ4v) is 3.76. The van der Waals surface area contributed by atoms with Crippen molar-refractivity contribution in [2.75, 3.05) is 43.4 Å². The average Bonchev–Trinajstić information content (AvgIpc) is 2.69. The first kappa shape index (κ1) is 18.2. The van der Waals surface area contributed by atoms with E-state index < -0.39 is 0 Å². The van der Waals surface area contributed by atoms with E-state index >= 15 is 0 Å². The van der Waals surface area contributed by atoms with E-state index in [2.05, 4.69) is 74.3 Å². The molecule has 1 N–H and O–H groups in total. The molecule has 0 radical (unpaired) electrons. The summed E-state index contributed by atoms with van der Waals surface area (Å²) < 4.78 is 1.01. The van der Waals surface area contributed by atoms with Gasteiger partial charge in [0.15, 0.2) is 0 Å². The fraction of sp³-hybridized carbons (Fsp3) is 0.333. The number of piperazine rings is 1. The van der Waals surface area contributed by atoms with Crippen LogP contribution in [0.15, 0.2) is 53.1 Å². The fourth-order valence-electron chi connectivity index (χ4n) is 3.41. The van der Waals surface area contributed by atoms with Crippen molar-refractivity contribution in [3.63, 3.8) is 0 Å². The normalized spacial score (nSPS) is 16.5. The molecule has 1 fully saturated rings. The topological polar surface area (TPSA) is 44.3 Å². The lowest BCUT2D eigenvalue weighted by molar-refractivity contribution is 0.313. The summed E-state index contributed by atoms with van der Waals surface area (Å²) in [5.41, 5.74) is 4.33. The van der Waals surface area contributed by atoms with Crippen molar-refractivity contribution in [1.29, 1.82) is 0 Å². The summed E-state index contributed by atoms with van der Waals surface area (Å²) in [6, 6.07) is 14.9. The SMILES string of the molecule is C[C@@H](Nc1cnc2cc(Br)ccc2n1)c1cccc(N2CCN(C)CC2)c1. The van der Waals surface area contributed by atoms with E-state index in [1.165, 1.54) is 11.3 Å². The largest absolute Gasteiger partial charge is 0.369 e. The number of benzene rings is 2. The van der Waals surface area contributed by atoms with Crippen LogP contribution in [0.5, 0.6) is 0 Å². The second kappa shape index (κ2) is 7.82. The van der Waals surface area contributed by atoms with Crippen LogP contribution in [0, 0.1) is 0 Å². The lowest BCUT2D eigenvalue weighted by Crippen LogP contribution is -2.44. The van der Waals surface area contributed by atoms with Gasteiger partial charge in [0.25, 0.3) is 0 Å². The van der Waals surface area contributed by atoms with E-state index in [0.29, 0.717) is 0 Å². The maximum atomic E-state index is 4.69. The van der Waals surface area contributed by atoms with Gasteiger partial charge in [-0.3, -0.25) is 4.98 Å². The molecule has 1 atom stereocenters.